The van der Waals surface area contributed by atoms with Gasteiger partial charge in [0, 0.05) is 16.3 Å². The van der Waals surface area contributed by atoms with Gasteiger partial charge in [0.2, 0.25) is 5.91 Å². The molecular weight excluding hydrogens is 262 g/mol. The van der Waals surface area contributed by atoms with Crippen LogP contribution in [0.15, 0.2) is 42.5 Å². The SMILES string of the molecule is COc1ccccc1C1C(=O)Nc2ccc(Cl)cc21. The second-order valence-electron chi connectivity index (χ2n) is 4.40. The standard InChI is InChI=1S/C15H12ClNO2/c1-19-13-5-3-2-4-10(13)14-11-8-9(16)6-7-12(11)17-15(14)18/h2-8,14H,1H3,(H,17,18). The third kappa shape index (κ3) is 1.96. The number of carbonyl (C=O) groups excluding carboxylic acids is 1. The zero-order chi connectivity index (χ0) is 13.4. The van der Waals surface area contributed by atoms with E-state index in [9.17, 15) is 4.79 Å². The molecule has 2 aromatic rings. The van der Waals surface area contributed by atoms with Gasteiger partial charge in [-0.2, -0.15) is 0 Å². The lowest BCUT2D eigenvalue weighted by molar-refractivity contribution is -0.116. The molecule has 1 aliphatic rings. The molecule has 0 radical (unpaired) electrons. The molecule has 0 aromatic heterocycles. The second kappa shape index (κ2) is 4.59. The lowest BCUT2D eigenvalue weighted by atomic mass is 9.92. The first kappa shape index (κ1) is 12.1. The summed E-state index contributed by atoms with van der Waals surface area (Å²) in [6.45, 7) is 0. The summed E-state index contributed by atoms with van der Waals surface area (Å²) in [4.78, 5) is 12.2. The molecule has 2 aromatic carbocycles. The van der Waals surface area contributed by atoms with Crippen molar-refractivity contribution in [3.05, 3.63) is 58.6 Å². The normalized spacial score (nSPS) is 16.9. The molecule has 0 spiro atoms. The van der Waals surface area contributed by atoms with Crippen LogP contribution < -0.4 is 10.1 Å². The Morgan fingerprint density at radius 3 is 2.74 bits per heavy atom. The van der Waals surface area contributed by atoms with Gasteiger partial charge < -0.3 is 10.1 Å². The number of fused-ring (bicyclic) bond motifs is 1. The number of para-hydroxylation sites is 1. The minimum Gasteiger partial charge on any atom is -0.496 e. The molecule has 96 valence electrons. The maximum atomic E-state index is 12.2. The highest BCUT2D eigenvalue weighted by Crippen LogP contribution is 2.41. The smallest absolute Gasteiger partial charge is 0.236 e. The summed E-state index contributed by atoms with van der Waals surface area (Å²) >= 11 is 6.03. The molecule has 19 heavy (non-hydrogen) atoms. The zero-order valence-electron chi connectivity index (χ0n) is 10.3. The number of rotatable bonds is 2. The number of halogens is 1. The van der Waals surface area contributed by atoms with E-state index in [1.165, 1.54) is 0 Å². The molecule has 4 heteroatoms. The first-order valence-electron chi connectivity index (χ1n) is 5.94. The lowest BCUT2D eigenvalue weighted by Crippen LogP contribution is -2.14. The number of hydrogen-bond donors (Lipinski definition) is 1. The summed E-state index contributed by atoms with van der Waals surface area (Å²) in [5.74, 6) is 0.280. The summed E-state index contributed by atoms with van der Waals surface area (Å²) in [7, 11) is 1.60. The first-order chi connectivity index (χ1) is 9.20. The van der Waals surface area contributed by atoms with Crippen LogP contribution in [0.5, 0.6) is 5.75 Å². The third-order valence-corrected chi connectivity index (χ3v) is 3.53. The molecule has 0 fully saturated rings. The number of hydrogen-bond acceptors (Lipinski definition) is 2. The number of nitrogens with one attached hydrogen (secondary N) is 1. The van der Waals surface area contributed by atoms with E-state index in [1.54, 1.807) is 13.2 Å². The van der Waals surface area contributed by atoms with Gasteiger partial charge in [-0.15, -0.1) is 0 Å². The van der Waals surface area contributed by atoms with Gasteiger partial charge in [0.05, 0.1) is 13.0 Å². The van der Waals surface area contributed by atoms with Crippen LogP contribution in [0.1, 0.15) is 17.0 Å². The van der Waals surface area contributed by atoms with Crippen LogP contribution in [0.4, 0.5) is 5.69 Å². The molecule has 0 aliphatic carbocycles. The van der Waals surface area contributed by atoms with Gasteiger partial charge in [-0.05, 0) is 29.8 Å². The lowest BCUT2D eigenvalue weighted by Gasteiger charge is -2.13. The summed E-state index contributed by atoms with van der Waals surface area (Å²) in [5, 5.41) is 3.49. The van der Waals surface area contributed by atoms with Crippen molar-refractivity contribution in [3.8, 4) is 5.75 Å². The molecule has 0 bridgehead atoms. The van der Waals surface area contributed by atoms with Gasteiger partial charge >= 0.3 is 0 Å². The molecule has 1 amide bonds. The molecule has 0 saturated carbocycles. The minimum absolute atomic E-state index is 0.0539. The van der Waals surface area contributed by atoms with Gasteiger partial charge in [0.1, 0.15) is 5.75 Å². The van der Waals surface area contributed by atoms with Crippen molar-refractivity contribution >= 4 is 23.2 Å². The maximum absolute atomic E-state index is 12.2. The molecule has 1 N–H and O–H groups in total. The van der Waals surface area contributed by atoms with Crippen LogP contribution in [0, 0.1) is 0 Å². The Kier molecular flexibility index (Phi) is 2.91. The van der Waals surface area contributed by atoms with E-state index in [0.29, 0.717) is 10.8 Å². The minimum atomic E-state index is -0.371. The van der Waals surface area contributed by atoms with Crippen molar-refractivity contribution in [2.45, 2.75) is 5.92 Å². The fourth-order valence-electron chi connectivity index (χ4n) is 2.45. The molecular formula is C15H12ClNO2. The Hall–Kier alpha value is -2.00. The fourth-order valence-corrected chi connectivity index (χ4v) is 2.63. The van der Waals surface area contributed by atoms with Crippen LogP contribution in [-0.2, 0) is 4.79 Å². The van der Waals surface area contributed by atoms with Crippen molar-refractivity contribution in [1.29, 1.82) is 0 Å². The number of benzene rings is 2. The Bertz CT molecular complexity index is 654. The fraction of sp³-hybridized carbons (Fsp3) is 0.133. The molecule has 1 heterocycles. The number of methoxy groups -OCH3 is 1. The van der Waals surface area contributed by atoms with Gasteiger partial charge in [0.15, 0.2) is 0 Å². The van der Waals surface area contributed by atoms with Crippen molar-refractivity contribution < 1.29 is 9.53 Å². The highest BCUT2D eigenvalue weighted by molar-refractivity contribution is 6.31. The van der Waals surface area contributed by atoms with E-state index < -0.39 is 0 Å². The number of amides is 1. The molecule has 3 rings (SSSR count). The molecule has 1 unspecified atom stereocenters. The topological polar surface area (TPSA) is 38.3 Å². The Morgan fingerprint density at radius 2 is 1.95 bits per heavy atom. The van der Waals surface area contributed by atoms with Crippen LogP contribution in [0.2, 0.25) is 5.02 Å². The van der Waals surface area contributed by atoms with Crippen LogP contribution in [0.3, 0.4) is 0 Å². The van der Waals surface area contributed by atoms with Crippen LogP contribution in [0.25, 0.3) is 0 Å². The van der Waals surface area contributed by atoms with Gasteiger partial charge in [-0.3, -0.25) is 4.79 Å². The van der Waals surface area contributed by atoms with Gasteiger partial charge in [-0.25, -0.2) is 0 Å². The van der Waals surface area contributed by atoms with Crippen LogP contribution >= 0.6 is 11.6 Å². The van der Waals surface area contributed by atoms with Crippen molar-refractivity contribution in [2.24, 2.45) is 0 Å². The highest BCUT2D eigenvalue weighted by atomic mass is 35.5. The Morgan fingerprint density at radius 1 is 1.16 bits per heavy atom. The predicted octanol–water partition coefficient (Wildman–Crippen LogP) is 3.43. The van der Waals surface area contributed by atoms with E-state index in [1.807, 2.05) is 36.4 Å². The van der Waals surface area contributed by atoms with Crippen molar-refractivity contribution in [1.82, 2.24) is 0 Å². The third-order valence-electron chi connectivity index (χ3n) is 3.29. The van der Waals surface area contributed by atoms with Gasteiger partial charge in [-0.1, -0.05) is 29.8 Å². The van der Waals surface area contributed by atoms with E-state index in [-0.39, 0.29) is 11.8 Å². The van der Waals surface area contributed by atoms with E-state index in [4.69, 9.17) is 16.3 Å². The average molecular weight is 274 g/mol. The maximum Gasteiger partial charge on any atom is 0.236 e. The second-order valence-corrected chi connectivity index (χ2v) is 4.83. The van der Waals surface area contributed by atoms with Crippen molar-refractivity contribution in [2.75, 3.05) is 12.4 Å². The van der Waals surface area contributed by atoms with Gasteiger partial charge in [0.25, 0.3) is 0 Å². The summed E-state index contributed by atoms with van der Waals surface area (Å²) in [5.41, 5.74) is 2.55. The average Bonchev–Trinajstić information content (AvgIpc) is 2.74. The summed E-state index contributed by atoms with van der Waals surface area (Å²) < 4.78 is 5.34. The van der Waals surface area contributed by atoms with Crippen molar-refractivity contribution in [3.63, 3.8) is 0 Å². The van der Waals surface area contributed by atoms with E-state index >= 15 is 0 Å². The molecule has 1 atom stereocenters. The number of anilines is 1. The van der Waals surface area contributed by atoms with E-state index in [0.717, 1.165) is 16.8 Å². The molecule has 3 nitrogen and oxygen atoms in total. The largest absolute Gasteiger partial charge is 0.496 e. The predicted molar refractivity (Wildman–Crippen MR) is 74.9 cm³/mol. The molecule has 0 saturated heterocycles. The number of ether oxygens (including phenoxy) is 1. The number of carbonyl (C=O) groups is 1. The van der Waals surface area contributed by atoms with E-state index in [2.05, 4.69) is 5.32 Å². The Labute approximate surface area is 116 Å². The molecule has 1 aliphatic heterocycles. The highest BCUT2D eigenvalue weighted by Gasteiger charge is 2.33. The van der Waals surface area contributed by atoms with Crippen LogP contribution in [-0.4, -0.2) is 13.0 Å². The first-order valence-corrected chi connectivity index (χ1v) is 6.31. The summed E-state index contributed by atoms with van der Waals surface area (Å²) in [6, 6.07) is 13.0. The zero-order valence-corrected chi connectivity index (χ0v) is 11.1. The Balaban J connectivity index is 2.16. The summed E-state index contributed by atoms with van der Waals surface area (Å²) in [6.07, 6.45) is 0. The quantitative estimate of drug-likeness (QED) is 0.910. The monoisotopic (exact) mass is 273 g/mol.